The van der Waals surface area contributed by atoms with Crippen LogP contribution in [0.3, 0.4) is 0 Å². The Bertz CT molecular complexity index is 156. The second-order valence-corrected chi connectivity index (χ2v) is 3.25. The number of amides is 1. The van der Waals surface area contributed by atoms with E-state index < -0.39 is 0 Å². The average molecular weight is 155 g/mol. The van der Waals surface area contributed by atoms with E-state index in [4.69, 9.17) is 0 Å². The zero-order valence-electron chi connectivity index (χ0n) is 7.21. The largest absolute Gasteiger partial charge is 0.341 e. The topological polar surface area (TPSA) is 23.6 Å². The van der Waals surface area contributed by atoms with E-state index in [1.807, 2.05) is 14.1 Å². The molecule has 0 aromatic carbocycles. The molecule has 1 unspecified atom stereocenters. The van der Waals surface area contributed by atoms with Gasteiger partial charge < -0.3 is 9.80 Å². The highest BCUT2D eigenvalue weighted by Gasteiger charge is 2.24. The predicted molar refractivity (Wildman–Crippen MR) is 44.0 cm³/mol. The molecule has 1 rings (SSSR count). The lowest BCUT2D eigenvalue weighted by Crippen LogP contribution is -2.33. The Morgan fingerprint density at radius 3 is 2.55 bits per heavy atom. The van der Waals surface area contributed by atoms with Gasteiger partial charge in [0.15, 0.2) is 0 Å². The molecule has 1 saturated heterocycles. The van der Waals surface area contributed by atoms with Crippen molar-refractivity contribution in [2.24, 2.45) is 0 Å². The van der Waals surface area contributed by atoms with Crippen LogP contribution in [0.4, 0.5) is 0 Å². The Balaban J connectivity index is 2.41. The van der Waals surface area contributed by atoms with Gasteiger partial charge in [0.25, 0.3) is 0 Å². The minimum atomic E-state index is -0.0469. The first-order valence-corrected chi connectivity index (χ1v) is 3.88. The fraction of sp³-hybridized carbons (Fsp3) is 0.750. The van der Waals surface area contributed by atoms with Gasteiger partial charge in [-0.05, 0) is 20.5 Å². The summed E-state index contributed by atoms with van der Waals surface area (Å²) >= 11 is 0. The van der Waals surface area contributed by atoms with Gasteiger partial charge in [-0.3, -0.25) is 4.79 Å². The molecule has 1 amide bonds. The molecule has 0 N–H and O–H groups in total. The maximum Gasteiger partial charge on any atom is 0.223 e. The molecule has 0 aliphatic carbocycles. The van der Waals surface area contributed by atoms with Crippen LogP contribution in [0.1, 0.15) is 6.42 Å². The third kappa shape index (κ3) is 1.93. The average Bonchev–Trinajstić information content (AvgIpc) is 2.33. The number of likely N-dealkylation sites (tertiary alicyclic amines) is 1. The molecule has 1 heterocycles. The van der Waals surface area contributed by atoms with Crippen LogP contribution >= 0.6 is 0 Å². The Hall–Kier alpha value is -0.570. The highest BCUT2D eigenvalue weighted by Crippen LogP contribution is 2.12. The lowest BCUT2D eigenvalue weighted by atomic mass is 10.2. The van der Waals surface area contributed by atoms with Gasteiger partial charge in [-0.1, -0.05) is 0 Å². The predicted octanol–water partition coefficient (Wildman–Crippen LogP) is -0.0170. The van der Waals surface area contributed by atoms with Crippen molar-refractivity contribution < 1.29 is 4.79 Å². The summed E-state index contributed by atoms with van der Waals surface area (Å²) in [6.45, 7) is 5.09. The highest BCUT2D eigenvalue weighted by molar-refractivity contribution is 5.80. The van der Waals surface area contributed by atoms with Crippen molar-refractivity contribution >= 4 is 5.91 Å². The summed E-state index contributed by atoms with van der Waals surface area (Å²) in [4.78, 5) is 14.8. The minimum Gasteiger partial charge on any atom is -0.341 e. The fourth-order valence-electron chi connectivity index (χ4n) is 1.39. The number of nitrogens with zero attached hydrogens (tertiary/aromatic N) is 2. The van der Waals surface area contributed by atoms with E-state index in [2.05, 4.69) is 11.8 Å². The Morgan fingerprint density at radius 1 is 1.64 bits per heavy atom. The van der Waals surface area contributed by atoms with Gasteiger partial charge in [0.1, 0.15) is 0 Å². The van der Waals surface area contributed by atoms with Crippen molar-refractivity contribution in [3.05, 3.63) is 6.92 Å². The number of likely N-dealkylation sites (N-methyl/N-ethyl adjacent to an activating group) is 1. The quantitative estimate of drug-likeness (QED) is 0.531. The third-order valence-electron chi connectivity index (χ3n) is 2.25. The molecule has 1 atom stereocenters. The normalized spacial score (nSPS) is 24.7. The minimum absolute atomic E-state index is 0.0469. The molecular formula is C8H15N2O. The summed E-state index contributed by atoms with van der Waals surface area (Å²) in [5, 5.41) is 0. The van der Waals surface area contributed by atoms with E-state index in [0.717, 1.165) is 19.5 Å². The first-order chi connectivity index (χ1) is 5.11. The van der Waals surface area contributed by atoms with Crippen molar-refractivity contribution in [3.8, 4) is 0 Å². The maximum absolute atomic E-state index is 10.8. The van der Waals surface area contributed by atoms with E-state index in [0.29, 0.717) is 6.04 Å². The Morgan fingerprint density at radius 2 is 2.27 bits per heavy atom. The first-order valence-electron chi connectivity index (χ1n) is 3.88. The summed E-state index contributed by atoms with van der Waals surface area (Å²) in [7, 11) is 4.09. The summed E-state index contributed by atoms with van der Waals surface area (Å²) in [5.41, 5.74) is 0. The van der Waals surface area contributed by atoms with Crippen molar-refractivity contribution in [1.29, 1.82) is 0 Å². The van der Waals surface area contributed by atoms with Gasteiger partial charge in [0.05, 0.1) is 0 Å². The molecule has 11 heavy (non-hydrogen) atoms. The molecule has 1 radical (unpaired) electrons. The number of rotatable bonds is 1. The second kappa shape index (κ2) is 3.22. The molecule has 1 aliphatic rings. The van der Waals surface area contributed by atoms with Crippen LogP contribution in [-0.2, 0) is 4.79 Å². The van der Waals surface area contributed by atoms with Crippen LogP contribution in [-0.4, -0.2) is 48.9 Å². The lowest BCUT2D eigenvalue weighted by molar-refractivity contribution is -0.125. The monoisotopic (exact) mass is 155 g/mol. The Labute approximate surface area is 68.0 Å². The lowest BCUT2D eigenvalue weighted by Gasteiger charge is -2.19. The molecule has 3 heteroatoms. The number of carbonyl (C=O) groups excluding carboxylic acids is 1. The van der Waals surface area contributed by atoms with Gasteiger partial charge in [0, 0.05) is 26.1 Å². The van der Waals surface area contributed by atoms with E-state index in [1.54, 1.807) is 4.90 Å². The summed E-state index contributed by atoms with van der Waals surface area (Å²) in [6.07, 6.45) is 1.08. The highest BCUT2D eigenvalue weighted by atomic mass is 16.2. The number of hydrogen-bond acceptors (Lipinski definition) is 2. The van der Waals surface area contributed by atoms with Crippen LogP contribution in [0, 0.1) is 6.92 Å². The zero-order chi connectivity index (χ0) is 8.43. The van der Waals surface area contributed by atoms with Crippen LogP contribution < -0.4 is 0 Å². The summed E-state index contributed by atoms with van der Waals surface area (Å²) in [5.74, 6) is -0.0469. The number of hydrogen-bond donors (Lipinski definition) is 0. The zero-order valence-corrected chi connectivity index (χ0v) is 7.21. The van der Waals surface area contributed by atoms with Crippen LogP contribution in [0.25, 0.3) is 0 Å². The van der Waals surface area contributed by atoms with E-state index in [9.17, 15) is 4.79 Å². The SMILES string of the molecule is [CH2]C(=O)N1CCC(N(C)C)C1. The van der Waals surface area contributed by atoms with E-state index in [-0.39, 0.29) is 5.91 Å². The van der Waals surface area contributed by atoms with Gasteiger partial charge >= 0.3 is 0 Å². The molecule has 0 spiro atoms. The van der Waals surface area contributed by atoms with Gasteiger partial charge in [-0.15, -0.1) is 0 Å². The van der Waals surface area contributed by atoms with Gasteiger partial charge in [0.2, 0.25) is 5.91 Å². The van der Waals surface area contributed by atoms with Crippen molar-refractivity contribution in [2.45, 2.75) is 12.5 Å². The molecule has 3 nitrogen and oxygen atoms in total. The molecule has 0 aromatic heterocycles. The van der Waals surface area contributed by atoms with E-state index in [1.165, 1.54) is 0 Å². The maximum atomic E-state index is 10.8. The standard InChI is InChI=1S/C8H15N2O/c1-7(11)10-5-4-8(6-10)9(2)3/h8H,1,4-6H2,2-3H3. The second-order valence-electron chi connectivity index (χ2n) is 3.25. The molecule has 1 fully saturated rings. The molecule has 0 saturated carbocycles. The van der Waals surface area contributed by atoms with Crippen LogP contribution in [0.5, 0.6) is 0 Å². The van der Waals surface area contributed by atoms with Crippen LogP contribution in [0.2, 0.25) is 0 Å². The summed E-state index contributed by atoms with van der Waals surface area (Å²) in [6, 6.07) is 0.528. The number of carbonyl (C=O) groups is 1. The summed E-state index contributed by atoms with van der Waals surface area (Å²) < 4.78 is 0. The first kappa shape index (κ1) is 8.53. The Kier molecular flexibility index (Phi) is 2.49. The molecule has 1 aliphatic heterocycles. The van der Waals surface area contributed by atoms with Crippen LogP contribution in [0.15, 0.2) is 0 Å². The molecule has 0 bridgehead atoms. The molecule has 63 valence electrons. The van der Waals surface area contributed by atoms with Crippen molar-refractivity contribution in [2.75, 3.05) is 27.2 Å². The third-order valence-corrected chi connectivity index (χ3v) is 2.25. The fourth-order valence-corrected chi connectivity index (χ4v) is 1.39. The smallest absolute Gasteiger partial charge is 0.223 e. The van der Waals surface area contributed by atoms with Gasteiger partial charge in [-0.25, -0.2) is 0 Å². The van der Waals surface area contributed by atoms with Gasteiger partial charge in [-0.2, -0.15) is 0 Å². The van der Waals surface area contributed by atoms with E-state index >= 15 is 0 Å². The molecule has 0 aromatic rings. The van der Waals surface area contributed by atoms with Crippen molar-refractivity contribution in [3.63, 3.8) is 0 Å². The molecular weight excluding hydrogens is 140 g/mol. The van der Waals surface area contributed by atoms with Crippen molar-refractivity contribution in [1.82, 2.24) is 9.80 Å².